The van der Waals surface area contributed by atoms with Gasteiger partial charge in [0, 0.05) is 0 Å². The van der Waals surface area contributed by atoms with Crippen molar-refractivity contribution in [3.8, 4) is 0 Å². The highest BCUT2D eigenvalue weighted by molar-refractivity contribution is 5.80. The second-order valence-electron chi connectivity index (χ2n) is 2.99. The Hall–Kier alpha value is -1.55. The lowest BCUT2D eigenvalue weighted by Gasteiger charge is -2.01. The maximum Gasteiger partial charge on any atom is 0.208 e. The molecule has 0 fully saturated rings. The van der Waals surface area contributed by atoms with E-state index in [4.69, 9.17) is 11.6 Å². The van der Waals surface area contributed by atoms with Crippen LogP contribution in [0.4, 0.5) is 5.69 Å². The average Bonchev–Trinajstić information content (AvgIpc) is 2.02. The zero-order valence-electron chi connectivity index (χ0n) is 7.83. The third-order valence-corrected chi connectivity index (χ3v) is 1.60. The minimum Gasteiger partial charge on any atom is -0.369 e. The topological polar surface area (TPSA) is 76.4 Å². The van der Waals surface area contributed by atoms with Crippen molar-refractivity contribution in [2.45, 2.75) is 13.8 Å². The first kappa shape index (κ1) is 9.54. The highest BCUT2D eigenvalue weighted by atomic mass is 15.3. The third-order valence-electron chi connectivity index (χ3n) is 1.60. The lowest BCUT2D eigenvalue weighted by molar-refractivity contribution is 1.01. The van der Waals surface area contributed by atoms with Crippen LogP contribution >= 0.6 is 0 Å². The van der Waals surface area contributed by atoms with Gasteiger partial charge in [0.05, 0.1) is 5.69 Å². The van der Waals surface area contributed by atoms with E-state index in [1.165, 1.54) is 0 Å². The summed E-state index contributed by atoms with van der Waals surface area (Å²) >= 11 is 0. The van der Waals surface area contributed by atoms with Crippen molar-refractivity contribution < 1.29 is 0 Å². The molecular weight excluding hydrogens is 164 g/mol. The number of benzene rings is 1. The number of rotatable bonds is 1. The summed E-state index contributed by atoms with van der Waals surface area (Å²) in [6, 6.07) is 5.96. The summed E-state index contributed by atoms with van der Waals surface area (Å²) in [5, 5.41) is 0. The van der Waals surface area contributed by atoms with Crippen LogP contribution in [0.1, 0.15) is 11.1 Å². The molecule has 0 heterocycles. The molecule has 1 aromatic rings. The molecule has 0 atom stereocenters. The zero-order valence-corrected chi connectivity index (χ0v) is 7.83. The number of hydrogen-bond donors (Lipinski definition) is 3. The van der Waals surface area contributed by atoms with Crippen molar-refractivity contribution in [1.82, 2.24) is 5.43 Å². The summed E-state index contributed by atoms with van der Waals surface area (Å²) in [6.45, 7) is 4.02. The van der Waals surface area contributed by atoms with Gasteiger partial charge in [-0.1, -0.05) is 6.07 Å². The van der Waals surface area contributed by atoms with Crippen LogP contribution in [0, 0.1) is 13.8 Å². The largest absolute Gasteiger partial charge is 0.369 e. The molecule has 0 aliphatic heterocycles. The van der Waals surface area contributed by atoms with Gasteiger partial charge in [-0.3, -0.25) is 5.43 Å². The molecule has 1 aromatic carbocycles. The van der Waals surface area contributed by atoms with E-state index in [0.29, 0.717) is 0 Å². The summed E-state index contributed by atoms with van der Waals surface area (Å²) in [6.07, 6.45) is 0. The SMILES string of the molecule is Cc1cc(C)cc(N=C(N)NN)c1. The maximum absolute atomic E-state index is 5.42. The fourth-order valence-electron chi connectivity index (χ4n) is 1.19. The van der Waals surface area contributed by atoms with E-state index >= 15 is 0 Å². The third kappa shape index (κ3) is 2.76. The molecule has 1 rings (SSSR count). The van der Waals surface area contributed by atoms with E-state index < -0.39 is 0 Å². The molecule has 0 aromatic heterocycles. The maximum atomic E-state index is 5.42. The van der Waals surface area contributed by atoms with Crippen molar-refractivity contribution >= 4 is 11.6 Å². The molecule has 0 saturated carbocycles. The summed E-state index contributed by atoms with van der Waals surface area (Å²) in [7, 11) is 0. The van der Waals surface area contributed by atoms with Crippen molar-refractivity contribution in [3.63, 3.8) is 0 Å². The number of hydrogen-bond acceptors (Lipinski definition) is 2. The Bertz CT molecular complexity index is 310. The zero-order chi connectivity index (χ0) is 9.84. The van der Waals surface area contributed by atoms with Crippen molar-refractivity contribution in [2.24, 2.45) is 16.6 Å². The van der Waals surface area contributed by atoms with Gasteiger partial charge in [-0.05, 0) is 37.1 Å². The van der Waals surface area contributed by atoms with Gasteiger partial charge in [0.2, 0.25) is 5.96 Å². The quantitative estimate of drug-likeness (QED) is 0.256. The number of guanidine groups is 1. The Morgan fingerprint density at radius 2 is 1.77 bits per heavy atom. The van der Waals surface area contributed by atoms with E-state index in [-0.39, 0.29) is 5.96 Å². The number of nitrogens with one attached hydrogen (secondary N) is 1. The van der Waals surface area contributed by atoms with Crippen LogP contribution in [-0.2, 0) is 0 Å². The molecule has 0 saturated heterocycles. The molecule has 0 bridgehead atoms. The van der Waals surface area contributed by atoms with Gasteiger partial charge in [0.15, 0.2) is 0 Å². The molecule has 0 spiro atoms. The Kier molecular flexibility index (Phi) is 2.87. The van der Waals surface area contributed by atoms with E-state index in [1.807, 2.05) is 26.0 Å². The van der Waals surface area contributed by atoms with Crippen LogP contribution in [-0.4, -0.2) is 5.96 Å². The second-order valence-corrected chi connectivity index (χ2v) is 2.99. The van der Waals surface area contributed by atoms with Gasteiger partial charge in [-0.15, -0.1) is 0 Å². The van der Waals surface area contributed by atoms with E-state index in [2.05, 4.69) is 16.5 Å². The fourth-order valence-corrected chi connectivity index (χ4v) is 1.19. The smallest absolute Gasteiger partial charge is 0.208 e. The Labute approximate surface area is 77.6 Å². The lowest BCUT2D eigenvalue weighted by Crippen LogP contribution is -2.36. The van der Waals surface area contributed by atoms with Crippen LogP contribution in [0.15, 0.2) is 23.2 Å². The molecular formula is C9H14N4. The predicted molar refractivity (Wildman–Crippen MR) is 54.5 cm³/mol. The first-order valence-corrected chi connectivity index (χ1v) is 4.01. The molecule has 0 aliphatic rings. The number of nitrogens with zero attached hydrogens (tertiary/aromatic N) is 1. The van der Waals surface area contributed by atoms with E-state index in [1.54, 1.807) is 0 Å². The second kappa shape index (κ2) is 3.91. The normalized spacial score (nSPS) is 11.5. The first-order chi connectivity index (χ1) is 6.11. The van der Waals surface area contributed by atoms with E-state index in [0.717, 1.165) is 16.8 Å². The van der Waals surface area contributed by atoms with Gasteiger partial charge in [0.1, 0.15) is 0 Å². The Morgan fingerprint density at radius 1 is 1.23 bits per heavy atom. The van der Waals surface area contributed by atoms with Crippen LogP contribution in [0.25, 0.3) is 0 Å². The molecule has 0 amide bonds. The molecule has 0 aliphatic carbocycles. The van der Waals surface area contributed by atoms with Gasteiger partial charge in [-0.2, -0.15) is 0 Å². The molecule has 0 radical (unpaired) electrons. The fraction of sp³-hybridized carbons (Fsp3) is 0.222. The van der Waals surface area contributed by atoms with Gasteiger partial charge in [-0.25, -0.2) is 10.8 Å². The number of aryl methyl sites for hydroxylation is 2. The minimum absolute atomic E-state index is 0.213. The molecule has 5 N–H and O–H groups in total. The van der Waals surface area contributed by atoms with Crippen molar-refractivity contribution in [1.29, 1.82) is 0 Å². The lowest BCUT2D eigenvalue weighted by atomic mass is 10.1. The number of aliphatic imine (C=N–C) groups is 1. The molecule has 4 heteroatoms. The first-order valence-electron chi connectivity index (χ1n) is 4.01. The highest BCUT2D eigenvalue weighted by Gasteiger charge is 1.94. The summed E-state index contributed by atoms with van der Waals surface area (Å²) in [4.78, 5) is 4.06. The minimum atomic E-state index is 0.213. The van der Waals surface area contributed by atoms with Crippen LogP contribution < -0.4 is 17.0 Å². The van der Waals surface area contributed by atoms with Gasteiger partial charge >= 0.3 is 0 Å². The van der Waals surface area contributed by atoms with E-state index in [9.17, 15) is 0 Å². The van der Waals surface area contributed by atoms with Gasteiger partial charge < -0.3 is 5.73 Å². The molecule has 13 heavy (non-hydrogen) atoms. The standard InChI is InChI=1S/C9H14N4/c1-6-3-7(2)5-8(4-6)12-9(10)13-11/h3-5H,11H2,1-2H3,(H3,10,12,13). The molecule has 4 nitrogen and oxygen atoms in total. The van der Waals surface area contributed by atoms with Crippen molar-refractivity contribution in [2.75, 3.05) is 0 Å². The Balaban J connectivity index is 3.02. The van der Waals surface area contributed by atoms with Gasteiger partial charge in [0.25, 0.3) is 0 Å². The number of nitrogens with two attached hydrogens (primary N) is 2. The van der Waals surface area contributed by atoms with Crippen molar-refractivity contribution in [3.05, 3.63) is 29.3 Å². The Morgan fingerprint density at radius 3 is 2.23 bits per heavy atom. The van der Waals surface area contributed by atoms with Crippen LogP contribution in [0.2, 0.25) is 0 Å². The average molecular weight is 178 g/mol. The summed E-state index contributed by atoms with van der Waals surface area (Å²) in [5.41, 5.74) is 10.8. The monoisotopic (exact) mass is 178 g/mol. The number of hydrazine groups is 1. The van der Waals surface area contributed by atoms with Crippen LogP contribution in [0.3, 0.4) is 0 Å². The molecule has 0 unspecified atom stereocenters. The molecule has 70 valence electrons. The summed E-state index contributed by atoms with van der Waals surface area (Å²) in [5.74, 6) is 5.30. The summed E-state index contributed by atoms with van der Waals surface area (Å²) < 4.78 is 0. The highest BCUT2D eigenvalue weighted by Crippen LogP contribution is 2.16. The predicted octanol–water partition coefficient (Wildman–Crippen LogP) is 0.713. The van der Waals surface area contributed by atoms with Crippen LogP contribution in [0.5, 0.6) is 0 Å².